The molecule has 7 nitrogen and oxygen atoms in total. The van der Waals surface area contributed by atoms with Crippen LogP contribution >= 0.6 is 11.6 Å². The Hall–Kier alpha value is -3.36. The molecule has 3 aromatic rings. The van der Waals surface area contributed by atoms with Gasteiger partial charge in [-0.05, 0) is 62.6 Å². The number of halogens is 1. The minimum atomic E-state index is -4.12. The lowest BCUT2D eigenvalue weighted by atomic mass is 10.1. The monoisotopic (exact) mass is 569 g/mol. The van der Waals surface area contributed by atoms with E-state index in [-0.39, 0.29) is 23.0 Å². The fraction of sp³-hybridized carbons (Fsp3) is 0.333. The average Bonchev–Trinajstić information content (AvgIpc) is 2.92. The lowest BCUT2D eigenvalue weighted by Gasteiger charge is -2.32. The minimum absolute atomic E-state index is 0.0575. The summed E-state index contributed by atoms with van der Waals surface area (Å²) < 4.78 is 28.7. The first-order valence-corrected chi connectivity index (χ1v) is 14.9. The zero-order valence-electron chi connectivity index (χ0n) is 22.6. The highest BCUT2D eigenvalue weighted by atomic mass is 35.5. The normalized spacial score (nSPS) is 12.0. The fourth-order valence-electron chi connectivity index (χ4n) is 4.10. The van der Waals surface area contributed by atoms with Gasteiger partial charge in [-0.2, -0.15) is 0 Å². The lowest BCUT2D eigenvalue weighted by Crippen LogP contribution is -2.52. The number of nitrogens with one attached hydrogen (secondary N) is 1. The molecule has 0 unspecified atom stereocenters. The van der Waals surface area contributed by atoms with Gasteiger partial charge in [0.2, 0.25) is 11.8 Å². The number of rotatable bonds is 13. The second kappa shape index (κ2) is 14.1. The van der Waals surface area contributed by atoms with Crippen molar-refractivity contribution < 1.29 is 18.0 Å². The summed E-state index contributed by atoms with van der Waals surface area (Å²) in [7, 11) is -4.12. The maximum atomic E-state index is 13.8. The molecule has 2 amide bonds. The number of benzene rings is 3. The van der Waals surface area contributed by atoms with E-state index in [1.54, 1.807) is 37.3 Å². The van der Waals surface area contributed by atoms with Crippen LogP contribution in [-0.4, -0.2) is 50.8 Å². The van der Waals surface area contributed by atoms with E-state index in [1.807, 2.05) is 44.2 Å². The van der Waals surface area contributed by atoms with Crippen LogP contribution in [0, 0.1) is 6.92 Å². The topological polar surface area (TPSA) is 86.8 Å². The van der Waals surface area contributed by atoms with Gasteiger partial charge in [0.15, 0.2) is 0 Å². The summed E-state index contributed by atoms with van der Waals surface area (Å²) in [6, 6.07) is 21.7. The van der Waals surface area contributed by atoms with Crippen LogP contribution in [0.2, 0.25) is 5.02 Å². The average molecular weight is 570 g/mol. The molecule has 0 heterocycles. The number of hydrogen-bond acceptors (Lipinski definition) is 4. The Balaban J connectivity index is 1.95. The number of amides is 2. The molecular formula is C30H36ClN3O4S. The molecule has 0 aliphatic carbocycles. The molecule has 0 aliphatic heterocycles. The van der Waals surface area contributed by atoms with Crippen molar-refractivity contribution in [2.45, 2.75) is 51.0 Å². The number of nitrogens with zero attached hydrogens (tertiary/aromatic N) is 2. The summed E-state index contributed by atoms with van der Waals surface area (Å²) >= 11 is 6.21. The summed E-state index contributed by atoms with van der Waals surface area (Å²) in [6.45, 7) is 5.84. The Morgan fingerprint density at radius 2 is 1.67 bits per heavy atom. The predicted octanol–water partition coefficient (Wildman–Crippen LogP) is 5.22. The second-order valence-corrected chi connectivity index (χ2v) is 11.7. The van der Waals surface area contributed by atoms with Gasteiger partial charge in [0, 0.05) is 18.1 Å². The summed E-state index contributed by atoms with van der Waals surface area (Å²) in [5.41, 5.74) is 2.18. The van der Waals surface area contributed by atoms with Gasteiger partial charge in [0.05, 0.1) is 10.6 Å². The molecule has 0 aromatic heterocycles. The first kappa shape index (κ1) is 30.2. The maximum absolute atomic E-state index is 13.8. The van der Waals surface area contributed by atoms with Crippen molar-refractivity contribution in [1.29, 1.82) is 0 Å². The smallest absolute Gasteiger partial charge is 0.264 e. The number of sulfonamides is 1. The molecule has 0 spiro atoms. The molecule has 0 saturated heterocycles. The third-order valence-electron chi connectivity index (χ3n) is 6.47. The summed E-state index contributed by atoms with van der Waals surface area (Å²) in [5, 5.41) is 3.23. The van der Waals surface area contributed by atoms with Gasteiger partial charge in [-0.15, -0.1) is 0 Å². The van der Waals surface area contributed by atoms with Crippen molar-refractivity contribution in [1.82, 2.24) is 10.2 Å². The lowest BCUT2D eigenvalue weighted by molar-refractivity contribution is -0.138. The maximum Gasteiger partial charge on any atom is 0.264 e. The molecule has 1 N–H and O–H groups in total. The molecule has 0 aliphatic rings. The zero-order chi connectivity index (χ0) is 28.4. The molecule has 3 aromatic carbocycles. The molecule has 0 radical (unpaired) electrons. The van der Waals surface area contributed by atoms with E-state index in [1.165, 1.54) is 23.1 Å². The largest absolute Gasteiger partial charge is 0.354 e. The number of hydrogen-bond donors (Lipinski definition) is 1. The Morgan fingerprint density at radius 1 is 0.974 bits per heavy atom. The number of aryl methyl sites for hydroxylation is 1. The Bertz CT molecular complexity index is 1350. The van der Waals surface area contributed by atoms with Gasteiger partial charge >= 0.3 is 0 Å². The van der Waals surface area contributed by atoms with E-state index in [2.05, 4.69) is 5.32 Å². The van der Waals surface area contributed by atoms with Crippen LogP contribution in [0.15, 0.2) is 83.8 Å². The highest BCUT2D eigenvalue weighted by Crippen LogP contribution is 2.27. The number of carbonyl (C=O) groups excluding carboxylic acids is 2. The quantitative estimate of drug-likeness (QED) is 0.286. The van der Waals surface area contributed by atoms with Gasteiger partial charge in [-0.3, -0.25) is 13.9 Å². The first-order valence-electron chi connectivity index (χ1n) is 13.1. The van der Waals surface area contributed by atoms with Gasteiger partial charge in [0.25, 0.3) is 10.0 Å². The molecule has 0 fully saturated rings. The van der Waals surface area contributed by atoms with Crippen LogP contribution in [0.1, 0.15) is 37.8 Å². The van der Waals surface area contributed by atoms with Crippen LogP contribution in [0.25, 0.3) is 0 Å². The molecule has 0 bridgehead atoms. The molecule has 3 rings (SSSR count). The fourth-order valence-corrected chi connectivity index (χ4v) is 5.69. The van der Waals surface area contributed by atoms with Crippen molar-refractivity contribution >= 4 is 39.1 Å². The first-order chi connectivity index (χ1) is 18.6. The third kappa shape index (κ3) is 8.31. The van der Waals surface area contributed by atoms with E-state index >= 15 is 0 Å². The Kier molecular flexibility index (Phi) is 10.9. The molecule has 9 heteroatoms. The van der Waals surface area contributed by atoms with Crippen molar-refractivity contribution in [3.63, 3.8) is 0 Å². The molecule has 0 saturated carbocycles. The van der Waals surface area contributed by atoms with Crippen molar-refractivity contribution in [2.75, 3.05) is 23.9 Å². The molecular weight excluding hydrogens is 534 g/mol. The highest BCUT2D eigenvalue weighted by molar-refractivity contribution is 7.92. The van der Waals surface area contributed by atoms with E-state index in [0.717, 1.165) is 28.3 Å². The number of anilines is 1. The van der Waals surface area contributed by atoms with Crippen LogP contribution < -0.4 is 9.62 Å². The summed E-state index contributed by atoms with van der Waals surface area (Å²) in [5.74, 6) is -0.764. The Morgan fingerprint density at radius 3 is 2.31 bits per heavy atom. The number of carbonyl (C=O) groups is 2. The van der Waals surface area contributed by atoms with Gasteiger partial charge < -0.3 is 10.2 Å². The zero-order valence-corrected chi connectivity index (χ0v) is 24.2. The van der Waals surface area contributed by atoms with Crippen LogP contribution in [-0.2, 0) is 26.0 Å². The van der Waals surface area contributed by atoms with Crippen LogP contribution in [0.5, 0.6) is 0 Å². The van der Waals surface area contributed by atoms with E-state index in [4.69, 9.17) is 11.6 Å². The number of unbranched alkanes of at least 4 members (excludes halogenated alkanes) is 1. The highest BCUT2D eigenvalue weighted by Gasteiger charge is 2.32. The van der Waals surface area contributed by atoms with E-state index in [9.17, 15) is 18.0 Å². The predicted molar refractivity (Wildman–Crippen MR) is 156 cm³/mol. The van der Waals surface area contributed by atoms with Crippen molar-refractivity contribution in [3.05, 3.63) is 95.0 Å². The Labute approximate surface area is 236 Å². The second-order valence-electron chi connectivity index (χ2n) is 9.45. The third-order valence-corrected chi connectivity index (χ3v) is 8.49. The standard InChI is InChI=1S/C30H36ClN3O4S/c1-4-5-19-32-30(36)24(3)33(20-18-25-10-7-6-8-11-25)29(35)22-34(27-13-9-12-26(31)21-27)39(37,38)28-16-14-23(2)15-17-28/h6-17,21,24H,4-5,18-20,22H2,1-3H3,(H,32,36)/t24-/m0/s1. The minimum Gasteiger partial charge on any atom is -0.354 e. The molecule has 39 heavy (non-hydrogen) atoms. The van der Waals surface area contributed by atoms with E-state index < -0.39 is 28.5 Å². The SMILES string of the molecule is CCCCNC(=O)[C@H](C)N(CCc1ccccc1)C(=O)CN(c1cccc(Cl)c1)S(=O)(=O)c1ccc(C)cc1. The molecule has 208 valence electrons. The summed E-state index contributed by atoms with van der Waals surface area (Å²) in [6.07, 6.45) is 2.27. The van der Waals surface area contributed by atoms with Crippen molar-refractivity contribution in [3.8, 4) is 0 Å². The van der Waals surface area contributed by atoms with E-state index in [0.29, 0.717) is 18.0 Å². The van der Waals surface area contributed by atoms with Gasteiger partial charge in [0.1, 0.15) is 12.6 Å². The molecule has 1 atom stereocenters. The van der Waals surface area contributed by atoms with Crippen LogP contribution in [0.3, 0.4) is 0 Å². The summed E-state index contributed by atoms with van der Waals surface area (Å²) in [4.78, 5) is 28.3. The van der Waals surface area contributed by atoms with Gasteiger partial charge in [-0.1, -0.05) is 79.0 Å². The van der Waals surface area contributed by atoms with Gasteiger partial charge in [-0.25, -0.2) is 8.42 Å². The van der Waals surface area contributed by atoms with Crippen LogP contribution in [0.4, 0.5) is 5.69 Å². The van der Waals surface area contributed by atoms with Crippen molar-refractivity contribution in [2.24, 2.45) is 0 Å².